The van der Waals surface area contributed by atoms with E-state index in [1.807, 2.05) is 4.68 Å². The summed E-state index contributed by atoms with van der Waals surface area (Å²) in [7, 11) is 1.71. The van der Waals surface area contributed by atoms with Crippen LogP contribution in [0.15, 0.2) is 6.20 Å². The van der Waals surface area contributed by atoms with E-state index in [1.165, 1.54) is 5.69 Å². The average Bonchev–Trinajstić information content (AvgIpc) is 2.70. The second-order valence-electron chi connectivity index (χ2n) is 4.68. The maximum absolute atomic E-state index is 5.32. The van der Waals surface area contributed by atoms with Crippen molar-refractivity contribution in [2.24, 2.45) is 5.92 Å². The number of rotatable bonds is 8. The summed E-state index contributed by atoms with van der Waals surface area (Å²) in [6.45, 7) is 9.59. The molecule has 1 N–H and O–H groups in total. The first-order valence-electron chi connectivity index (χ1n) is 6.48. The van der Waals surface area contributed by atoms with Crippen molar-refractivity contribution in [3.8, 4) is 5.75 Å². The Morgan fingerprint density at radius 1 is 1.47 bits per heavy atom. The highest BCUT2D eigenvalue weighted by Gasteiger charge is 2.09. The quantitative estimate of drug-likeness (QED) is 0.706. The molecular formula is C13H25N3O. The molecule has 4 heteroatoms. The van der Waals surface area contributed by atoms with E-state index in [0.29, 0.717) is 5.92 Å². The van der Waals surface area contributed by atoms with E-state index >= 15 is 0 Å². The van der Waals surface area contributed by atoms with Crippen molar-refractivity contribution >= 4 is 0 Å². The van der Waals surface area contributed by atoms with Gasteiger partial charge >= 0.3 is 0 Å². The lowest BCUT2D eigenvalue weighted by molar-refractivity contribution is 0.406. The Labute approximate surface area is 104 Å². The van der Waals surface area contributed by atoms with Crippen molar-refractivity contribution in [2.75, 3.05) is 20.2 Å². The summed E-state index contributed by atoms with van der Waals surface area (Å²) >= 11 is 0. The molecule has 0 unspecified atom stereocenters. The van der Waals surface area contributed by atoms with Crippen LogP contribution in [0.2, 0.25) is 0 Å². The molecule has 0 aliphatic heterocycles. The molecule has 1 heterocycles. The molecule has 0 saturated heterocycles. The third kappa shape index (κ3) is 4.38. The molecule has 1 rings (SSSR count). The number of ether oxygens (including phenoxy) is 1. The molecule has 0 aliphatic carbocycles. The van der Waals surface area contributed by atoms with Crippen molar-refractivity contribution < 1.29 is 4.74 Å². The van der Waals surface area contributed by atoms with Crippen molar-refractivity contribution in [3.05, 3.63) is 11.9 Å². The maximum Gasteiger partial charge on any atom is 0.159 e. The normalized spacial score (nSPS) is 11.1. The highest BCUT2D eigenvalue weighted by Crippen LogP contribution is 2.18. The first kappa shape index (κ1) is 14.0. The Morgan fingerprint density at radius 2 is 2.24 bits per heavy atom. The number of aromatic nitrogens is 2. The lowest BCUT2D eigenvalue weighted by Crippen LogP contribution is -2.21. The van der Waals surface area contributed by atoms with E-state index in [2.05, 4.69) is 31.2 Å². The third-order valence-corrected chi connectivity index (χ3v) is 2.75. The molecule has 0 aromatic carbocycles. The standard InChI is InChI=1S/C13H25N3O/c1-5-16-12(13(17-4)10-15-16)7-6-8-14-9-11(2)3/h10-11,14H,5-9H2,1-4H3. The van der Waals surface area contributed by atoms with E-state index in [4.69, 9.17) is 4.74 Å². The van der Waals surface area contributed by atoms with E-state index in [0.717, 1.165) is 38.2 Å². The zero-order chi connectivity index (χ0) is 12.7. The van der Waals surface area contributed by atoms with Crippen LogP contribution in [0.1, 0.15) is 32.9 Å². The van der Waals surface area contributed by atoms with Crippen molar-refractivity contribution in [1.29, 1.82) is 0 Å². The fourth-order valence-corrected chi connectivity index (χ4v) is 1.86. The smallest absolute Gasteiger partial charge is 0.159 e. The zero-order valence-corrected chi connectivity index (χ0v) is 11.5. The fraction of sp³-hybridized carbons (Fsp3) is 0.769. The lowest BCUT2D eigenvalue weighted by Gasteiger charge is -2.09. The fourth-order valence-electron chi connectivity index (χ4n) is 1.86. The summed E-state index contributed by atoms with van der Waals surface area (Å²) in [5.74, 6) is 1.63. The highest BCUT2D eigenvalue weighted by atomic mass is 16.5. The summed E-state index contributed by atoms with van der Waals surface area (Å²) in [6.07, 6.45) is 3.94. The molecule has 0 atom stereocenters. The first-order valence-corrected chi connectivity index (χ1v) is 6.48. The molecule has 17 heavy (non-hydrogen) atoms. The Bertz CT molecular complexity index is 299. The van der Waals surface area contributed by atoms with Gasteiger partial charge in [0.2, 0.25) is 0 Å². The molecule has 0 amide bonds. The van der Waals surface area contributed by atoms with Crippen molar-refractivity contribution in [1.82, 2.24) is 15.1 Å². The monoisotopic (exact) mass is 239 g/mol. The molecule has 0 saturated carbocycles. The molecule has 0 radical (unpaired) electrons. The Kier molecular flexibility index (Phi) is 6.05. The van der Waals surface area contributed by atoms with Gasteiger partial charge in [0.05, 0.1) is 19.0 Å². The molecule has 98 valence electrons. The number of methoxy groups -OCH3 is 1. The van der Waals surface area contributed by atoms with Crippen LogP contribution in [0.3, 0.4) is 0 Å². The predicted molar refractivity (Wildman–Crippen MR) is 70.5 cm³/mol. The molecule has 0 spiro atoms. The number of nitrogens with zero attached hydrogens (tertiary/aromatic N) is 2. The Balaban J connectivity index is 2.37. The van der Waals surface area contributed by atoms with Gasteiger partial charge in [-0.3, -0.25) is 4.68 Å². The van der Waals surface area contributed by atoms with Crippen LogP contribution < -0.4 is 10.1 Å². The van der Waals surface area contributed by atoms with Gasteiger partial charge in [-0.1, -0.05) is 13.8 Å². The molecule has 4 nitrogen and oxygen atoms in total. The van der Waals surface area contributed by atoms with Gasteiger partial charge in [0.15, 0.2) is 5.75 Å². The average molecular weight is 239 g/mol. The topological polar surface area (TPSA) is 39.1 Å². The number of aryl methyl sites for hydroxylation is 1. The molecular weight excluding hydrogens is 214 g/mol. The van der Waals surface area contributed by atoms with Gasteiger partial charge in [-0.25, -0.2) is 0 Å². The van der Waals surface area contributed by atoms with Gasteiger partial charge in [0.1, 0.15) is 0 Å². The van der Waals surface area contributed by atoms with Gasteiger partial charge in [-0.15, -0.1) is 0 Å². The van der Waals surface area contributed by atoms with Gasteiger partial charge in [-0.2, -0.15) is 5.10 Å². The van der Waals surface area contributed by atoms with Crippen LogP contribution >= 0.6 is 0 Å². The minimum atomic E-state index is 0.714. The number of nitrogens with one attached hydrogen (secondary N) is 1. The van der Waals surface area contributed by atoms with E-state index in [1.54, 1.807) is 13.3 Å². The van der Waals surface area contributed by atoms with E-state index < -0.39 is 0 Å². The molecule has 1 aromatic rings. The van der Waals surface area contributed by atoms with Crippen LogP contribution in [-0.4, -0.2) is 30.0 Å². The minimum Gasteiger partial charge on any atom is -0.493 e. The van der Waals surface area contributed by atoms with Gasteiger partial charge < -0.3 is 10.1 Å². The Hall–Kier alpha value is -1.03. The maximum atomic E-state index is 5.32. The summed E-state index contributed by atoms with van der Waals surface area (Å²) in [5.41, 5.74) is 1.21. The summed E-state index contributed by atoms with van der Waals surface area (Å²) in [6, 6.07) is 0. The number of hydrogen-bond acceptors (Lipinski definition) is 3. The summed E-state index contributed by atoms with van der Waals surface area (Å²) < 4.78 is 7.33. The molecule has 0 aliphatic rings. The first-order chi connectivity index (χ1) is 8.19. The van der Waals surface area contributed by atoms with Crippen LogP contribution in [0.5, 0.6) is 5.75 Å². The van der Waals surface area contributed by atoms with Gasteiger partial charge in [0.25, 0.3) is 0 Å². The van der Waals surface area contributed by atoms with Crippen molar-refractivity contribution in [3.63, 3.8) is 0 Å². The number of hydrogen-bond donors (Lipinski definition) is 1. The van der Waals surface area contributed by atoms with E-state index in [-0.39, 0.29) is 0 Å². The molecule has 0 bridgehead atoms. The lowest BCUT2D eigenvalue weighted by atomic mass is 10.2. The second-order valence-corrected chi connectivity index (χ2v) is 4.68. The molecule has 1 aromatic heterocycles. The zero-order valence-electron chi connectivity index (χ0n) is 11.5. The predicted octanol–water partition coefficient (Wildman–Crippen LogP) is 2.09. The van der Waals surface area contributed by atoms with Crippen molar-refractivity contribution in [2.45, 2.75) is 40.2 Å². The Morgan fingerprint density at radius 3 is 2.82 bits per heavy atom. The molecule has 0 fully saturated rings. The second kappa shape index (κ2) is 7.33. The van der Waals surface area contributed by atoms with Crippen LogP contribution in [-0.2, 0) is 13.0 Å². The largest absolute Gasteiger partial charge is 0.493 e. The third-order valence-electron chi connectivity index (χ3n) is 2.75. The van der Waals surface area contributed by atoms with Crippen LogP contribution in [0, 0.1) is 5.92 Å². The van der Waals surface area contributed by atoms with Crippen LogP contribution in [0.25, 0.3) is 0 Å². The van der Waals surface area contributed by atoms with Gasteiger partial charge in [0, 0.05) is 6.54 Å². The van der Waals surface area contributed by atoms with E-state index in [9.17, 15) is 0 Å². The summed E-state index contributed by atoms with van der Waals surface area (Å²) in [4.78, 5) is 0. The van der Waals surface area contributed by atoms with Crippen LogP contribution in [0.4, 0.5) is 0 Å². The SMILES string of the molecule is CCn1ncc(OC)c1CCCNCC(C)C. The minimum absolute atomic E-state index is 0.714. The van der Waals surface area contributed by atoms with Gasteiger partial charge in [-0.05, 0) is 38.8 Å². The summed E-state index contributed by atoms with van der Waals surface area (Å²) in [5, 5.41) is 7.76. The highest BCUT2D eigenvalue weighted by molar-refractivity contribution is 5.25.